The van der Waals surface area contributed by atoms with Crippen molar-refractivity contribution in [1.29, 1.82) is 0 Å². The van der Waals surface area contributed by atoms with Crippen LogP contribution in [0.25, 0.3) is 10.9 Å². The second kappa shape index (κ2) is 6.30. The molecule has 3 nitrogen and oxygen atoms in total. The van der Waals surface area contributed by atoms with Gasteiger partial charge in [-0.25, -0.2) is 8.78 Å². The zero-order chi connectivity index (χ0) is 16.6. The van der Waals surface area contributed by atoms with Gasteiger partial charge >= 0.3 is 5.97 Å². The molecular formula is C18H21F2NO2. The highest BCUT2D eigenvalue weighted by Gasteiger charge is 2.33. The average Bonchev–Trinajstić information content (AvgIpc) is 2.90. The first-order valence-corrected chi connectivity index (χ1v) is 8.14. The molecule has 0 bridgehead atoms. The SMILES string of the molecule is CCCC1CCc2c([nH]c3c(F)ccc(F)c23)C1COC(C)=O. The molecule has 1 N–H and O–H groups in total. The molecule has 2 atom stereocenters. The zero-order valence-corrected chi connectivity index (χ0v) is 13.4. The zero-order valence-electron chi connectivity index (χ0n) is 13.4. The summed E-state index contributed by atoms with van der Waals surface area (Å²) in [6, 6.07) is 2.31. The number of nitrogens with one attached hydrogen (secondary N) is 1. The first-order chi connectivity index (χ1) is 11.0. The molecule has 5 heteroatoms. The van der Waals surface area contributed by atoms with Gasteiger partial charge in [-0.3, -0.25) is 4.79 Å². The third-order valence-electron chi connectivity index (χ3n) is 4.82. The maximum atomic E-state index is 14.2. The summed E-state index contributed by atoms with van der Waals surface area (Å²) in [4.78, 5) is 14.3. The maximum Gasteiger partial charge on any atom is 0.302 e. The number of aromatic nitrogens is 1. The summed E-state index contributed by atoms with van der Waals surface area (Å²) in [6.45, 7) is 3.75. The van der Waals surface area contributed by atoms with Gasteiger partial charge in [0, 0.05) is 23.9 Å². The van der Waals surface area contributed by atoms with Crippen LogP contribution in [0.5, 0.6) is 0 Å². The Morgan fingerprint density at radius 3 is 2.78 bits per heavy atom. The highest BCUT2D eigenvalue weighted by molar-refractivity contribution is 5.86. The van der Waals surface area contributed by atoms with Gasteiger partial charge in [0.25, 0.3) is 0 Å². The number of fused-ring (bicyclic) bond motifs is 3. The van der Waals surface area contributed by atoms with Crippen molar-refractivity contribution < 1.29 is 18.3 Å². The van der Waals surface area contributed by atoms with Crippen molar-refractivity contribution >= 4 is 16.9 Å². The van der Waals surface area contributed by atoms with E-state index in [1.807, 2.05) is 0 Å². The largest absolute Gasteiger partial charge is 0.465 e. The van der Waals surface area contributed by atoms with Crippen LogP contribution < -0.4 is 0 Å². The molecule has 3 rings (SSSR count). The summed E-state index contributed by atoms with van der Waals surface area (Å²) >= 11 is 0. The summed E-state index contributed by atoms with van der Waals surface area (Å²) in [5.74, 6) is -0.867. The summed E-state index contributed by atoms with van der Waals surface area (Å²) in [7, 11) is 0. The number of H-pyrrole nitrogens is 1. The number of aromatic amines is 1. The van der Waals surface area contributed by atoms with E-state index in [0.717, 1.165) is 43.0 Å². The van der Waals surface area contributed by atoms with E-state index in [1.165, 1.54) is 13.0 Å². The Morgan fingerprint density at radius 2 is 2.09 bits per heavy atom. The Morgan fingerprint density at radius 1 is 1.35 bits per heavy atom. The summed E-state index contributed by atoms with van der Waals surface area (Å²) in [5.41, 5.74) is 1.89. The number of halogens is 2. The van der Waals surface area contributed by atoms with Crippen LogP contribution >= 0.6 is 0 Å². The quantitative estimate of drug-likeness (QED) is 0.845. The molecule has 1 aromatic carbocycles. The second-order valence-corrected chi connectivity index (χ2v) is 6.29. The average molecular weight is 321 g/mol. The van der Waals surface area contributed by atoms with Gasteiger partial charge in [0.05, 0.1) is 12.1 Å². The smallest absolute Gasteiger partial charge is 0.302 e. The predicted octanol–water partition coefficient (Wildman–Crippen LogP) is 4.46. The van der Waals surface area contributed by atoms with Gasteiger partial charge in [0.2, 0.25) is 0 Å². The van der Waals surface area contributed by atoms with Crippen molar-refractivity contribution in [1.82, 2.24) is 4.98 Å². The lowest BCUT2D eigenvalue weighted by atomic mass is 9.76. The van der Waals surface area contributed by atoms with E-state index in [4.69, 9.17) is 4.74 Å². The van der Waals surface area contributed by atoms with Gasteiger partial charge in [-0.05, 0) is 42.9 Å². The second-order valence-electron chi connectivity index (χ2n) is 6.29. The molecule has 0 radical (unpaired) electrons. The van der Waals surface area contributed by atoms with E-state index in [-0.39, 0.29) is 24.0 Å². The first kappa shape index (κ1) is 16.0. The van der Waals surface area contributed by atoms with E-state index in [1.54, 1.807) is 0 Å². The molecule has 0 fully saturated rings. The van der Waals surface area contributed by atoms with Crippen molar-refractivity contribution in [2.24, 2.45) is 5.92 Å². The molecule has 0 amide bonds. The van der Waals surface area contributed by atoms with Crippen molar-refractivity contribution in [3.63, 3.8) is 0 Å². The third kappa shape index (κ3) is 2.84. The molecule has 0 spiro atoms. The van der Waals surface area contributed by atoms with Crippen LogP contribution in [0.15, 0.2) is 12.1 Å². The number of ether oxygens (including phenoxy) is 1. The standard InChI is InChI=1S/C18H21F2NO2/c1-3-4-11-5-6-12-16-14(19)7-8-15(20)18(16)21-17(12)13(11)9-23-10(2)22/h7-8,11,13,21H,3-6,9H2,1-2H3. The highest BCUT2D eigenvalue weighted by Crippen LogP contribution is 2.42. The lowest BCUT2D eigenvalue weighted by molar-refractivity contribution is -0.142. The number of benzene rings is 1. The number of esters is 1. The molecule has 0 saturated heterocycles. The monoisotopic (exact) mass is 321 g/mol. The lowest BCUT2D eigenvalue weighted by Crippen LogP contribution is -2.25. The molecule has 1 aromatic heterocycles. The number of aryl methyl sites for hydroxylation is 1. The minimum absolute atomic E-state index is 0.0335. The van der Waals surface area contributed by atoms with Crippen LogP contribution in [0.4, 0.5) is 8.78 Å². The minimum Gasteiger partial charge on any atom is -0.465 e. The van der Waals surface area contributed by atoms with Crippen molar-refractivity contribution in [2.75, 3.05) is 6.61 Å². The normalized spacial score (nSPS) is 20.5. The van der Waals surface area contributed by atoms with Crippen LogP contribution in [0.1, 0.15) is 50.3 Å². The maximum absolute atomic E-state index is 14.2. The van der Waals surface area contributed by atoms with E-state index in [9.17, 15) is 13.6 Å². The molecule has 1 aliphatic carbocycles. The third-order valence-corrected chi connectivity index (χ3v) is 4.82. The fraction of sp³-hybridized carbons (Fsp3) is 0.500. The molecule has 2 unspecified atom stereocenters. The summed E-state index contributed by atoms with van der Waals surface area (Å²) < 4.78 is 33.5. The summed E-state index contributed by atoms with van der Waals surface area (Å²) in [5, 5.41) is 0.350. The van der Waals surface area contributed by atoms with Gasteiger partial charge in [-0.1, -0.05) is 13.3 Å². The van der Waals surface area contributed by atoms with Crippen LogP contribution in [-0.4, -0.2) is 17.6 Å². The lowest BCUT2D eigenvalue weighted by Gasteiger charge is -2.31. The molecule has 1 heterocycles. The Balaban J connectivity index is 2.08. The fourth-order valence-corrected chi connectivity index (χ4v) is 3.80. The number of hydrogen-bond donors (Lipinski definition) is 1. The fourth-order valence-electron chi connectivity index (χ4n) is 3.80. The van der Waals surface area contributed by atoms with Crippen molar-refractivity contribution in [2.45, 2.75) is 45.4 Å². The molecule has 1 aliphatic rings. The van der Waals surface area contributed by atoms with Crippen LogP contribution in [0, 0.1) is 17.6 Å². The molecule has 23 heavy (non-hydrogen) atoms. The van der Waals surface area contributed by atoms with Gasteiger partial charge < -0.3 is 9.72 Å². The molecule has 2 aromatic rings. The molecule has 0 saturated carbocycles. The van der Waals surface area contributed by atoms with Gasteiger partial charge in [0.15, 0.2) is 0 Å². The Kier molecular flexibility index (Phi) is 4.37. The Labute approximate surface area is 134 Å². The van der Waals surface area contributed by atoms with Gasteiger partial charge in [0.1, 0.15) is 11.6 Å². The van der Waals surface area contributed by atoms with Crippen molar-refractivity contribution in [3.8, 4) is 0 Å². The van der Waals surface area contributed by atoms with E-state index in [2.05, 4.69) is 11.9 Å². The topological polar surface area (TPSA) is 42.1 Å². The molecule has 0 aliphatic heterocycles. The highest BCUT2D eigenvalue weighted by atomic mass is 19.1. The van der Waals surface area contributed by atoms with Crippen molar-refractivity contribution in [3.05, 3.63) is 35.0 Å². The summed E-state index contributed by atoms with van der Waals surface area (Å²) in [6.07, 6.45) is 3.65. The minimum atomic E-state index is -0.450. The van der Waals surface area contributed by atoms with Crippen LogP contribution in [-0.2, 0) is 16.0 Å². The van der Waals surface area contributed by atoms with E-state index in [0.29, 0.717) is 11.3 Å². The van der Waals surface area contributed by atoms with Crippen LogP contribution in [0.2, 0.25) is 0 Å². The van der Waals surface area contributed by atoms with E-state index < -0.39 is 11.6 Å². The first-order valence-electron chi connectivity index (χ1n) is 8.14. The number of rotatable bonds is 4. The number of hydrogen-bond acceptors (Lipinski definition) is 2. The number of carbonyl (C=O) groups is 1. The Bertz CT molecular complexity index is 738. The Hall–Kier alpha value is -1.91. The van der Waals surface area contributed by atoms with E-state index >= 15 is 0 Å². The molecule has 124 valence electrons. The predicted molar refractivity (Wildman–Crippen MR) is 84.3 cm³/mol. The molecular weight excluding hydrogens is 300 g/mol. The van der Waals surface area contributed by atoms with Gasteiger partial charge in [-0.15, -0.1) is 0 Å². The van der Waals surface area contributed by atoms with Gasteiger partial charge in [-0.2, -0.15) is 0 Å². The van der Waals surface area contributed by atoms with Crippen LogP contribution in [0.3, 0.4) is 0 Å². The number of carbonyl (C=O) groups excluding carboxylic acids is 1.